The molecule has 0 radical (unpaired) electrons. The number of carboxylic acid groups (broad SMARTS) is 3. The summed E-state index contributed by atoms with van der Waals surface area (Å²) in [5, 5.41) is 68.1. The number of H-pyrrole nitrogens is 1. The molecule has 9 amide bonds. The normalized spacial score (nSPS) is 15.0. The van der Waals surface area contributed by atoms with Gasteiger partial charge in [-0.3, -0.25) is 52.7 Å². The van der Waals surface area contributed by atoms with Crippen LogP contribution in [0.5, 0.6) is 0 Å². The molecule has 426 valence electrons. The molecule has 2 aromatic carbocycles. The second kappa shape index (κ2) is 30.9. The average Bonchev–Trinajstić information content (AvgIpc) is 3.79. The van der Waals surface area contributed by atoms with E-state index in [0.717, 1.165) is 23.4 Å². The van der Waals surface area contributed by atoms with Gasteiger partial charge in [0, 0.05) is 42.8 Å². The number of fused-ring (bicyclic) bond motifs is 1. The molecule has 1 aromatic heterocycles. The molecule has 0 aliphatic rings. The number of nitrogens with two attached hydrogens (primary N) is 2. The number of hydrogen-bond acceptors (Lipinski definition) is 15. The zero-order chi connectivity index (χ0) is 58.4. The summed E-state index contributed by atoms with van der Waals surface area (Å²) in [6, 6.07) is 1.26. The molecule has 0 saturated carbocycles. The van der Waals surface area contributed by atoms with E-state index in [2.05, 4.69) is 47.5 Å². The van der Waals surface area contributed by atoms with E-state index in [4.69, 9.17) is 16.6 Å². The molecule has 0 saturated heterocycles. The van der Waals surface area contributed by atoms with Crippen molar-refractivity contribution >= 4 is 82.0 Å². The number of benzene rings is 2. The smallest absolute Gasteiger partial charge is 0.326 e. The van der Waals surface area contributed by atoms with Crippen LogP contribution in [0.4, 0.5) is 0 Å². The topological polar surface area (TPSA) is 470 Å². The number of aromatic nitrogens is 1. The molecule has 28 heteroatoms. The maximum Gasteiger partial charge on any atom is 0.326 e. The van der Waals surface area contributed by atoms with Crippen molar-refractivity contribution in [2.45, 2.75) is 140 Å². The first kappa shape index (κ1) is 63.8. The Morgan fingerprint density at radius 3 is 1.55 bits per heavy atom. The molecule has 1 heterocycles. The Hall–Kier alpha value is -8.50. The number of aliphatic hydroxyl groups is 2. The van der Waals surface area contributed by atoms with Crippen LogP contribution in [-0.4, -0.2) is 169 Å². The number of hydrogen-bond donors (Lipinski definition) is 16. The predicted molar refractivity (Wildman–Crippen MR) is 275 cm³/mol. The third-order valence-corrected chi connectivity index (χ3v) is 12.1. The maximum atomic E-state index is 14.1. The Kier molecular flexibility index (Phi) is 25.3. The minimum absolute atomic E-state index is 0.115. The number of rotatable bonds is 33. The second-order valence-electron chi connectivity index (χ2n) is 18.7. The molecular weight excluding hydrogens is 1030 g/mol. The Balaban J connectivity index is 1.80. The first-order valence-electron chi connectivity index (χ1n) is 24.7. The van der Waals surface area contributed by atoms with Gasteiger partial charge in [-0.25, -0.2) is 4.79 Å². The lowest BCUT2D eigenvalue weighted by molar-refractivity contribution is -0.144. The zero-order valence-corrected chi connectivity index (χ0v) is 43.3. The van der Waals surface area contributed by atoms with E-state index >= 15 is 0 Å². The van der Waals surface area contributed by atoms with Gasteiger partial charge in [-0.15, -0.1) is 0 Å². The van der Waals surface area contributed by atoms with E-state index in [1.54, 1.807) is 36.5 Å². The number of aliphatic carboxylic acids is 3. The summed E-state index contributed by atoms with van der Waals surface area (Å²) in [5.74, 6) is -14.6. The van der Waals surface area contributed by atoms with Crippen LogP contribution >= 0.6 is 0 Å². The number of nitrogens with one attached hydrogen (secondary N) is 9. The number of para-hydroxylation sites is 1. The van der Waals surface area contributed by atoms with Crippen LogP contribution in [0, 0.1) is 5.92 Å². The molecule has 18 N–H and O–H groups in total. The Morgan fingerprint density at radius 2 is 1.00 bits per heavy atom. The van der Waals surface area contributed by atoms with Gasteiger partial charge in [-0.05, 0) is 62.6 Å². The summed E-state index contributed by atoms with van der Waals surface area (Å²) in [7, 11) is 0. The average molecular weight is 1100 g/mol. The Labute approximate surface area is 447 Å². The van der Waals surface area contributed by atoms with Crippen LogP contribution in [0.25, 0.3) is 10.9 Å². The number of amides is 9. The van der Waals surface area contributed by atoms with Crippen molar-refractivity contribution in [2.24, 2.45) is 17.4 Å². The fourth-order valence-electron chi connectivity index (χ4n) is 7.70. The minimum Gasteiger partial charge on any atom is -0.481 e. The van der Waals surface area contributed by atoms with Crippen molar-refractivity contribution < 1.29 is 83.1 Å². The third kappa shape index (κ3) is 20.6. The quantitative estimate of drug-likeness (QED) is 0.0279. The van der Waals surface area contributed by atoms with E-state index < -0.39 is 183 Å². The summed E-state index contributed by atoms with van der Waals surface area (Å²) in [5.41, 5.74) is 13.7. The second-order valence-corrected chi connectivity index (χ2v) is 18.7. The van der Waals surface area contributed by atoms with Crippen LogP contribution < -0.4 is 54.0 Å². The van der Waals surface area contributed by atoms with Crippen molar-refractivity contribution in [3.05, 3.63) is 71.9 Å². The van der Waals surface area contributed by atoms with Gasteiger partial charge < -0.3 is 84.5 Å². The molecule has 3 rings (SSSR count). The summed E-state index contributed by atoms with van der Waals surface area (Å²) >= 11 is 0. The van der Waals surface area contributed by atoms with E-state index in [1.807, 2.05) is 24.3 Å². The predicted octanol–water partition coefficient (Wildman–Crippen LogP) is -3.71. The molecule has 78 heavy (non-hydrogen) atoms. The molecule has 0 fully saturated rings. The van der Waals surface area contributed by atoms with Crippen LogP contribution in [0.2, 0.25) is 0 Å². The lowest BCUT2D eigenvalue weighted by Gasteiger charge is -2.29. The van der Waals surface area contributed by atoms with Gasteiger partial charge in [0.25, 0.3) is 0 Å². The van der Waals surface area contributed by atoms with Gasteiger partial charge in [-0.1, -0.05) is 62.4 Å². The van der Waals surface area contributed by atoms with Crippen molar-refractivity contribution in [1.82, 2.24) is 47.5 Å². The van der Waals surface area contributed by atoms with E-state index in [9.17, 15) is 78.0 Å². The van der Waals surface area contributed by atoms with Gasteiger partial charge in [0.2, 0.25) is 53.2 Å². The Morgan fingerprint density at radius 1 is 0.526 bits per heavy atom. The van der Waals surface area contributed by atoms with Gasteiger partial charge in [-0.2, -0.15) is 0 Å². The van der Waals surface area contributed by atoms with Crippen LogP contribution in [0.3, 0.4) is 0 Å². The monoisotopic (exact) mass is 1100 g/mol. The molecule has 0 unspecified atom stereocenters. The number of carbonyl (C=O) groups excluding carboxylic acids is 9. The van der Waals surface area contributed by atoms with Crippen LogP contribution in [0.1, 0.15) is 77.3 Å². The highest BCUT2D eigenvalue weighted by molar-refractivity contribution is 5.99. The number of aromatic amines is 1. The lowest BCUT2D eigenvalue weighted by Crippen LogP contribution is -2.62. The summed E-state index contributed by atoms with van der Waals surface area (Å²) in [6.45, 7) is 4.16. The molecule has 28 nitrogen and oxygen atoms in total. The van der Waals surface area contributed by atoms with E-state index in [0.29, 0.717) is 5.56 Å². The fourth-order valence-corrected chi connectivity index (χ4v) is 7.70. The van der Waals surface area contributed by atoms with Crippen molar-refractivity contribution in [3.8, 4) is 0 Å². The first-order valence-corrected chi connectivity index (χ1v) is 24.7. The lowest BCUT2D eigenvalue weighted by atomic mass is 10.0. The molecular formula is C50H69N11O17. The van der Waals surface area contributed by atoms with Crippen LogP contribution in [0.15, 0.2) is 60.8 Å². The third-order valence-electron chi connectivity index (χ3n) is 12.1. The standard InChI is InChI=1S/C50H69N11O17/c1-24(2)40(48(75)57-34(50(77)78)16-19-39(67)68)60-47(74)36(23-62)59-49(76)41(26(4)63)61-45(72)33(15-18-38(65)66)55-44(71)32(14-17-37(52)64)56-46(73)35(20-27-10-6-5-7-11-27)58-42(69)25(3)54-43(70)30(51)21-28-22-53-31-13-9-8-12-29(28)31/h5-13,22,24-26,30,32-36,40-41,53,62-63H,14-21,23,51H2,1-4H3,(H2,52,64)(H,54,70)(H,55,71)(H,56,73)(H,57,75)(H,58,69)(H,59,76)(H,60,74)(H,61,72)(H,65,66)(H,67,68)(H,77,78)/t25-,26+,30-,32-,33-,34-,35-,36-,40-,41-/m0/s1. The highest BCUT2D eigenvalue weighted by Gasteiger charge is 2.37. The highest BCUT2D eigenvalue weighted by Crippen LogP contribution is 2.19. The van der Waals surface area contributed by atoms with Crippen molar-refractivity contribution in [1.29, 1.82) is 0 Å². The highest BCUT2D eigenvalue weighted by atomic mass is 16.4. The largest absolute Gasteiger partial charge is 0.481 e. The van der Waals surface area contributed by atoms with Crippen molar-refractivity contribution in [3.63, 3.8) is 0 Å². The molecule has 10 atom stereocenters. The first-order chi connectivity index (χ1) is 36.7. The summed E-state index contributed by atoms with van der Waals surface area (Å²) in [4.78, 5) is 158. The molecule has 0 spiro atoms. The maximum absolute atomic E-state index is 14.1. The molecule has 0 bridgehead atoms. The minimum atomic E-state index is -1.99. The number of primary amides is 1. The molecule has 0 aliphatic carbocycles. The summed E-state index contributed by atoms with van der Waals surface area (Å²) < 4.78 is 0. The SMILES string of the molecule is CC(C)[C@H](NC(=O)[C@H](CO)NC(=O)[C@@H](NC(=O)[C@H](CCC(=O)O)NC(=O)[C@H](CCC(N)=O)NC(=O)[C@H](Cc1ccccc1)NC(=O)[C@H](C)NC(=O)[C@@H](N)Cc1c[nH]c2ccccc12)[C@@H](C)O)C(=O)N[C@@H](CCC(=O)O)C(=O)O. The van der Waals surface area contributed by atoms with Gasteiger partial charge >= 0.3 is 17.9 Å². The Bertz CT molecular complexity index is 2630. The number of carbonyl (C=O) groups is 12. The van der Waals surface area contributed by atoms with Crippen LogP contribution in [-0.2, 0) is 70.4 Å². The van der Waals surface area contributed by atoms with Gasteiger partial charge in [0.05, 0.1) is 18.8 Å². The molecule has 0 aliphatic heterocycles. The van der Waals surface area contributed by atoms with E-state index in [-0.39, 0.29) is 12.8 Å². The van der Waals surface area contributed by atoms with Gasteiger partial charge in [0.1, 0.15) is 48.3 Å². The fraction of sp³-hybridized carbons (Fsp3) is 0.480. The zero-order valence-electron chi connectivity index (χ0n) is 43.3. The van der Waals surface area contributed by atoms with Crippen molar-refractivity contribution in [2.75, 3.05) is 6.61 Å². The number of aliphatic hydroxyl groups excluding tert-OH is 2. The number of carboxylic acids is 3. The van der Waals surface area contributed by atoms with Gasteiger partial charge in [0.15, 0.2) is 0 Å². The molecule has 3 aromatic rings. The van der Waals surface area contributed by atoms with E-state index in [1.165, 1.54) is 20.8 Å². The summed E-state index contributed by atoms with van der Waals surface area (Å²) in [6.07, 6.45) is -3.73.